The van der Waals surface area contributed by atoms with Gasteiger partial charge in [-0.3, -0.25) is 10.7 Å². The van der Waals surface area contributed by atoms with Gasteiger partial charge in [0.05, 0.1) is 30.0 Å². The molecule has 0 saturated carbocycles. The molecular weight excluding hydrogens is 490 g/mol. The van der Waals surface area contributed by atoms with Gasteiger partial charge >= 0.3 is 6.09 Å². The lowest BCUT2D eigenvalue weighted by Gasteiger charge is -2.27. The highest BCUT2D eigenvalue weighted by Crippen LogP contribution is 2.35. The molecule has 1 unspecified atom stereocenters. The van der Waals surface area contributed by atoms with E-state index in [4.69, 9.17) is 25.4 Å². The van der Waals surface area contributed by atoms with Crippen molar-refractivity contribution in [3.8, 4) is 5.75 Å². The molecule has 4 aromatic rings. The van der Waals surface area contributed by atoms with Gasteiger partial charge in [0.2, 0.25) is 0 Å². The van der Waals surface area contributed by atoms with Crippen LogP contribution in [0.3, 0.4) is 0 Å². The third kappa shape index (κ3) is 5.99. The number of nitrogens with zero attached hydrogens (tertiary/aromatic N) is 2. The lowest BCUT2D eigenvalue weighted by Crippen LogP contribution is -2.36. The van der Waals surface area contributed by atoms with Crippen LogP contribution < -0.4 is 20.7 Å². The second-order valence-electron chi connectivity index (χ2n) is 8.44. The highest BCUT2D eigenvalue weighted by Gasteiger charge is 2.19. The average Bonchev–Trinajstić information content (AvgIpc) is 3.38. The molecule has 2 aromatic heterocycles. The minimum Gasteiger partial charge on any atom is -0.481 e. The van der Waals surface area contributed by atoms with Crippen LogP contribution in [0.15, 0.2) is 72.9 Å². The normalized spacial score (nSPS) is 14.2. The van der Waals surface area contributed by atoms with Crippen LogP contribution in [0.4, 0.5) is 16.3 Å². The number of nitrogens with one attached hydrogen (secondary N) is 2. The third-order valence-corrected chi connectivity index (χ3v) is 7.06. The molecule has 0 bridgehead atoms. The van der Waals surface area contributed by atoms with Crippen LogP contribution in [0.1, 0.15) is 16.5 Å². The zero-order chi connectivity index (χ0) is 25.6. The van der Waals surface area contributed by atoms with Crippen molar-refractivity contribution in [1.82, 2.24) is 4.98 Å². The number of rotatable bonds is 8. The monoisotopic (exact) mass is 517 g/mol. The number of amidine groups is 1. The zero-order valence-corrected chi connectivity index (χ0v) is 20.9. The summed E-state index contributed by atoms with van der Waals surface area (Å²) in [6.07, 6.45) is 0.472. The van der Waals surface area contributed by atoms with Crippen molar-refractivity contribution < 1.29 is 19.0 Å². The maximum absolute atomic E-state index is 12.6. The third-order valence-electron chi connectivity index (χ3n) is 5.92. The van der Waals surface area contributed by atoms with Crippen molar-refractivity contribution in [3.63, 3.8) is 0 Å². The smallest absolute Gasteiger partial charge is 0.411 e. The first kappa shape index (κ1) is 24.5. The first-order valence-electron chi connectivity index (χ1n) is 11.9. The number of benzene rings is 2. The molecular formula is C27H27N5O4S. The highest BCUT2D eigenvalue weighted by molar-refractivity contribution is 7.20. The van der Waals surface area contributed by atoms with Gasteiger partial charge in [0, 0.05) is 23.2 Å². The fraction of sp³-hybridized carbons (Fsp3) is 0.222. The molecule has 1 aliphatic rings. The van der Waals surface area contributed by atoms with E-state index >= 15 is 0 Å². The van der Waals surface area contributed by atoms with Crippen LogP contribution in [0.25, 0.3) is 10.1 Å². The molecule has 1 amide bonds. The lowest BCUT2D eigenvalue weighted by molar-refractivity contribution is 0.0910. The van der Waals surface area contributed by atoms with E-state index in [9.17, 15) is 4.79 Å². The molecule has 10 heteroatoms. The minimum absolute atomic E-state index is 0.00474. The molecule has 3 heterocycles. The van der Waals surface area contributed by atoms with Crippen molar-refractivity contribution in [2.75, 3.05) is 43.1 Å². The Morgan fingerprint density at radius 1 is 1.14 bits per heavy atom. The Hall–Kier alpha value is -4.15. The maximum Gasteiger partial charge on any atom is 0.411 e. The molecule has 0 spiro atoms. The largest absolute Gasteiger partial charge is 0.481 e. The van der Waals surface area contributed by atoms with Crippen LogP contribution >= 0.6 is 11.3 Å². The molecule has 4 N–H and O–H groups in total. The van der Waals surface area contributed by atoms with E-state index in [2.05, 4.69) is 15.2 Å². The van der Waals surface area contributed by atoms with E-state index in [-0.39, 0.29) is 12.4 Å². The summed E-state index contributed by atoms with van der Waals surface area (Å²) < 4.78 is 18.2. The van der Waals surface area contributed by atoms with Gasteiger partial charge < -0.3 is 24.8 Å². The molecule has 37 heavy (non-hydrogen) atoms. The van der Waals surface area contributed by atoms with Crippen LogP contribution in [0.5, 0.6) is 5.75 Å². The SMILES string of the molecule is N=C(N)c1cc2c(OC(COC(=O)Nc3ccc(N4CCOCC4)nc3)c3ccccc3)cccc2s1. The number of aromatic nitrogens is 1. The standard InChI is InChI=1S/C27H27N5O4S/c28-26(29)24-15-20-21(7-4-8-23(20)37-24)36-22(18-5-2-1-3-6-18)17-35-27(33)31-19-9-10-25(30-16-19)32-11-13-34-14-12-32/h1-10,15-16,22H,11-14,17H2,(H3,28,29)(H,31,33). The van der Waals surface area contributed by atoms with E-state index < -0.39 is 12.2 Å². The van der Waals surface area contributed by atoms with E-state index in [0.29, 0.717) is 29.5 Å². The number of ether oxygens (including phenoxy) is 3. The molecule has 1 saturated heterocycles. The van der Waals surface area contributed by atoms with Crippen LogP contribution in [-0.2, 0) is 9.47 Å². The summed E-state index contributed by atoms with van der Waals surface area (Å²) in [7, 11) is 0. The van der Waals surface area contributed by atoms with Gasteiger partial charge in [0.15, 0.2) is 6.10 Å². The number of nitrogens with two attached hydrogens (primary N) is 1. The van der Waals surface area contributed by atoms with Crippen molar-refractivity contribution in [2.24, 2.45) is 5.73 Å². The predicted octanol–water partition coefficient (Wildman–Crippen LogP) is 4.79. The average molecular weight is 518 g/mol. The number of hydrogen-bond acceptors (Lipinski definition) is 8. The van der Waals surface area contributed by atoms with Crippen molar-refractivity contribution in [1.29, 1.82) is 5.41 Å². The number of anilines is 2. The van der Waals surface area contributed by atoms with Crippen molar-refractivity contribution >= 4 is 44.9 Å². The minimum atomic E-state index is -0.599. The summed E-state index contributed by atoms with van der Waals surface area (Å²) in [5.74, 6) is 1.48. The van der Waals surface area contributed by atoms with Gasteiger partial charge in [-0.25, -0.2) is 9.78 Å². The number of carbonyl (C=O) groups is 1. The van der Waals surface area contributed by atoms with E-state index in [0.717, 1.165) is 34.6 Å². The number of thiophene rings is 1. The van der Waals surface area contributed by atoms with Crippen LogP contribution in [0.2, 0.25) is 0 Å². The van der Waals surface area contributed by atoms with Gasteiger partial charge in [0.1, 0.15) is 24.0 Å². The number of fused-ring (bicyclic) bond motifs is 1. The number of morpholine rings is 1. The van der Waals surface area contributed by atoms with Crippen LogP contribution in [-0.4, -0.2) is 49.8 Å². The Morgan fingerprint density at radius 3 is 2.68 bits per heavy atom. The number of pyridine rings is 1. The van der Waals surface area contributed by atoms with Gasteiger partial charge in [-0.2, -0.15) is 0 Å². The summed E-state index contributed by atoms with van der Waals surface area (Å²) in [5.41, 5.74) is 7.09. The van der Waals surface area contributed by atoms with Crippen molar-refractivity contribution in [3.05, 3.63) is 83.4 Å². The summed E-state index contributed by atoms with van der Waals surface area (Å²) >= 11 is 1.43. The summed E-state index contributed by atoms with van der Waals surface area (Å²) in [4.78, 5) is 19.9. The maximum atomic E-state index is 12.6. The predicted molar refractivity (Wildman–Crippen MR) is 145 cm³/mol. The zero-order valence-electron chi connectivity index (χ0n) is 20.1. The summed E-state index contributed by atoms with van der Waals surface area (Å²) in [5, 5.41) is 11.3. The van der Waals surface area contributed by atoms with Crippen LogP contribution in [0, 0.1) is 5.41 Å². The highest BCUT2D eigenvalue weighted by atomic mass is 32.1. The Labute approximate surface area is 218 Å². The molecule has 0 aliphatic carbocycles. The number of amides is 1. The Kier molecular flexibility index (Phi) is 7.48. The number of carbonyl (C=O) groups excluding carboxylic acids is 1. The number of hydrogen-bond donors (Lipinski definition) is 3. The molecule has 0 radical (unpaired) electrons. The molecule has 1 atom stereocenters. The Morgan fingerprint density at radius 2 is 1.95 bits per heavy atom. The molecule has 2 aromatic carbocycles. The van der Waals surface area contributed by atoms with E-state index in [1.165, 1.54) is 11.3 Å². The van der Waals surface area contributed by atoms with Gasteiger partial charge in [-0.05, 0) is 35.9 Å². The fourth-order valence-corrected chi connectivity index (χ4v) is 4.97. The molecule has 5 rings (SSSR count). The van der Waals surface area contributed by atoms with E-state index in [1.54, 1.807) is 12.3 Å². The van der Waals surface area contributed by atoms with Crippen molar-refractivity contribution in [2.45, 2.75) is 6.10 Å². The lowest BCUT2D eigenvalue weighted by atomic mass is 10.1. The Balaban J connectivity index is 1.26. The quantitative estimate of drug-likeness (QED) is 0.227. The topological polar surface area (TPSA) is 123 Å². The fourth-order valence-electron chi connectivity index (χ4n) is 4.03. The summed E-state index contributed by atoms with van der Waals surface area (Å²) in [6, 6.07) is 20.8. The summed E-state index contributed by atoms with van der Waals surface area (Å²) in [6.45, 7) is 2.93. The van der Waals surface area contributed by atoms with Gasteiger partial charge in [-0.15, -0.1) is 11.3 Å². The van der Waals surface area contributed by atoms with Gasteiger partial charge in [-0.1, -0.05) is 36.4 Å². The molecule has 190 valence electrons. The molecule has 1 aliphatic heterocycles. The molecule has 9 nitrogen and oxygen atoms in total. The Bertz CT molecular complexity index is 1370. The second-order valence-corrected chi connectivity index (χ2v) is 9.52. The van der Waals surface area contributed by atoms with E-state index in [1.807, 2.05) is 60.7 Å². The first-order valence-corrected chi connectivity index (χ1v) is 12.7. The number of nitrogen functional groups attached to an aromatic ring is 1. The second kappa shape index (κ2) is 11.3. The van der Waals surface area contributed by atoms with Gasteiger partial charge in [0.25, 0.3) is 0 Å². The molecule has 1 fully saturated rings. The first-order chi connectivity index (χ1) is 18.1.